The van der Waals surface area contributed by atoms with Gasteiger partial charge >= 0.3 is 0 Å². The number of nitrogens with one attached hydrogen (secondary N) is 1. The number of nitrogens with zero attached hydrogens (tertiary/aromatic N) is 2. The van der Waals surface area contributed by atoms with E-state index in [1.165, 1.54) is 12.3 Å². The Morgan fingerprint density at radius 1 is 1.36 bits per heavy atom. The number of aromatic hydroxyl groups is 1. The van der Waals surface area contributed by atoms with Gasteiger partial charge in [0.05, 0.1) is 28.3 Å². The molecule has 0 unspecified atom stereocenters. The standard InChI is InChI=1S/C19H20ClN3O5/c1-3-5-18(24)22-13-6-7-15(20)16(9-13)21-11-12-8-14(23(26)27)10-17(19(12)25)28-4-2/h6-11,25H,3-5H2,1-2H3,(H,22,24). The van der Waals surface area contributed by atoms with Crippen LogP contribution in [-0.4, -0.2) is 28.8 Å². The van der Waals surface area contributed by atoms with Gasteiger partial charge in [0, 0.05) is 30.0 Å². The maximum absolute atomic E-state index is 11.7. The monoisotopic (exact) mass is 405 g/mol. The van der Waals surface area contributed by atoms with Crippen molar-refractivity contribution in [3.63, 3.8) is 0 Å². The summed E-state index contributed by atoms with van der Waals surface area (Å²) in [7, 11) is 0. The summed E-state index contributed by atoms with van der Waals surface area (Å²) in [6.45, 7) is 3.83. The van der Waals surface area contributed by atoms with Gasteiger partial charge < -0.3 is 15.2 Å². The van der Waals surface area contributed by atoms with Crippen molar-refractivity contribution in [3.8, 4) is 11.5 Å². The topological polar surface area (TPSA) is 114 Å². The summed E-state index contributed by atoms with van der Waals surface area (Å²) in [5.74, 6) is -0.401. The third-order valence-corrected chi connectivity index (χ3v) is 3.97. The minimum Gasteiger partial charge on any atom is -0.504 e. The Morgan fingerprint density at radius 3 is 2.75 bits per heavy atom. The smallest absolute Gasteiger partial charge is 0.274 e. The van der Waals surface area contributed by atoms with Gasteiger partial charge in [0.2, 0.25) is 5.91 Å². The van der Waals surface area contributed by atoms with E-state index in [0.717, 1.165) is 12.5 Å². The number of nitro benzene ring substituents is 1. The zero-order valence-corrected chi connectivity index (χ0v) is 16.2. The van der Waals surface area contributed by atoms with E-state index < -0.39 is 4.92 Å². The predicted octanol–water partition coefficient (Wildman–Crippen LogP) is 4.84. The van der Waals surface area contributed by atoms with Crippen LogP contribution in [0.2, 0.25) is 5.02 Å². The maximum atomic E-state index is 11.7. The molecule has 148 valence electrons. The van der Waals surface area contributed by atoms with Crippen molar-refractivity contribution in [2.75, 3.05) is 11.9 Å². The van der Waals surface area contributed by atoms with E-state index in [0.29, 0.717) is 22.8 Å². The highest BCUT2D eigenvalue weighted by Crippen LogP contribution is 2.35. The second kappa shape index (κ2) is 9.70. The highest BCUT2D eigenvalue weighted by atomic mass is 35.5. The summed E-state index contributed by atoms with van der Waals surface area (Å²) in [6.07, 6.45) is 2.37. The SMILES string of the molecule is CCCC(=O)Nc1ccc(Cl)c(N=Cc2cc([N+](=O)[O-])cc(OCC)c2O)c1. The van der Waals surface area contributed by atoms with Gasteiger partial charge in [-0.25, -0.2) is 0 Å². The molecular weight excluding hydrogens is 386 g/mol. The van der Waals surface area contributed by atoms with Crippen molar-refractivity contribution in [2.45, 2.75) is 26.7 Å². The van der Waals surface area contributed by atoms with Crippen LogP contribution in [0.15, 0.2) is 35.3 Å². The molecule has 0 aliphatic rings. The number of hydrogen-bond acceptors (Lipinski definition) is 6. The number of amides is 1. The van der Waals surface area contributed by atoms with E-state index in [9.17, 15) is 20.0 Å². The summed E-state index contributed by atoms with van der Waals surface area (Å²) < 4.78 is 5.24. The quantitative estimate of drug-likeness (QED) is 0.370. The van der Waals surface area contributed by atoms with Crippen molar-refractivity contribution in [3.05, 3.63) is 51.0 Å². The fourth-order valence-corrected chi connectivity index (χ4v) is 2.53. The van der Waals surface area contributed by atoms with Crippen molar-refractivity contribution >= 4 is 40.8 Å². The molecule has 9 heteroatoms. The van der Waals surface area contributed by atoms with Gasteiger partial charge in [-0.2, -0.15) is 0 Å². The zero-order chi connectivity index (χ0) is 20.7. The first-order chi connectivity index (χ1) is 13.3. The maximum Gasteiger partial charge on any atom is 0.274 e. The number of halogens is 1. The molecule has 0 bridgehead atoms. The lowest BCUT2D eigenvalue weighted by Crippen LogP contribution is -2.10. The second-order valence-corrected chi connectivity index (χ2v) is 6.20. The fraction of sp³-hybridized carbons (Fsp3) is 0.263. The van der Waals surface area contributed by atoms with Crippen LogP contribution < -0.4 is 10.1 Å². The molecule has 2 rings (SSSR count). The average Bonchev–Trinajstić information content (AvgIpc) is 2.64. The average molecular weight is 406 g/mol. The zero-order valence-electron chi connectivity index (χ0n) is 15.4. The minimum absolute atomic E-state index is 0.00942. The molecule has 0 atom stereocenters. The molecule has 28 heavy (non-hydrogen) atoms. The van der Waals surface area contributed by atoms with E-state index in [1.54, 1.807) is 25.1 Å². The van der Waals surface area contributed by atoms with Crippen molar-refractivity contribution < 1.29 is 19.6 Å². The lowest BCUT2D eigenvalue weighted by molar-refractivity contribution is -0.385. The molecule has 2 N–H and O–H groups in total. The number of aliphatic imine (C=N–C) groups is 1. The number of carbonyl (C=O) groups is 1. The summed E-state index contributed by atoms with van der Waals surface area (Å²) >= 11 is 6.14. The van der Waals surface area contributed by atoms with E-state index in [1.807, 2.05) is 6.92 Å². The number of nitro groups is 1. The van der Waals surface area contributed by atoms with E-state index in [4.69, 9.17) is 16.3 Å². The molecule has 0 radical (unpaired) electrons. The lowest BCUT2D eigenvalue weighted by atomic mass is 10.1. The van der Waals surface area contributed by atoms with Crippen molar-refractivity contribution in [2.24, 2.45) is 4.99 Å². The number of phenolic OH excluding ortho intramolecular Hbond substituents is 1. The highest BCUT2D eigenvalue weighted by molar-refractivity contribution is 6.33. The van der Waals surface area contributed by atoms with Crippen LogP contribution in [0.25, 0.3) is 0 Å². The Morgan fingerprint density at radius 2 is 2.11 bits per heavy atom. The summed E-state index contributed by atoms with van der Waals surface area (Å²) in [5.41, 5.74) is 0.719. The highest BCUT2D eigenvalue weighted by Gasteiger charge is 2.16. The summed E-state index contributed by atoms with van der Waals surface area (Å²) in [6, 6.07) is 7.13. The summed E-state index contributed by atoms with van der Waals surface area (Å²) in [4.78, 5) is 26.5. The largest absolute Gasteiger partial charge is 0.504 e. The van der Waals surface area contributed by atoms with Gasteiger partial charge in [-0.15, -0.1) is 0 Å². The fourth-order valence-electron chi connectivity index (χ4n) is 2.36. The number of benzene rings is 2. The van der Waals surface area contributed by atoms with Crippen LogP contribution in [-0.2, 0) is 4.79 Å². The van der Waals surface area contributed by atoms with E-state index >= 15 is 0 Å². The van der Waals surface area contributed by atoms with Crippen molar-refractivity contribution in [1.29, 1.82) is 0 Å². The number of anilines is 1. The minimum atomic E-state index is -0.587. The van der Waals surface area contributed by atoms with E-state index in [2.05, 4.69) is 10.3 Å². The number of rotatable bonds is 8. The van der Waals surface area contributed by atoms with E-state index in [-0.39, 0.29) is 35.3 Å². The molecular formula is C19H20ClN3O5. The molecule has 0 spiro atoms. The first-order valence-electron chi connectivity index (χ1n) is 8.63. The molecule has 0 aliphatic carbocycles. The molecule has 0 aromatic heterocycles. The number of carbonyl (C=O) groups excluding carboxylic acids is 1. The molecule has 1 amide bonds. The predicted molar refractivity (Wildman–Crippen MR) is 108 cm³/mol. The van der Waals surface area contributed by atoms with Crippen LogP contribution >= 0.6 is 11.6 Å². The Kier molecular flexibility index (Phi) is 7.34. The van der Waals surface area contributed by atoms with Crippen molar-refractivity contribution in [1.82, 2.24) is 0 Å². The van der Waals surface area contributed by atoms with Gasteiger partial charge in [-0.3, -0.25) is 19.9 Å². The van der Waals surface area contributed by atoms with Crippen LogP contribution in [0.1, 0.15) is 32.3 Å². The lowest BCUT2D eigenvalue weighted by Gasteiger charge is -2.08. The first kappa shape index (κ1) is 21.2. The number of non-ortho nitro benzene ring substituents is 1. The Balaban J connectivity index is 2.37. The Bertz CT molecular complexity index is 915. The van der Waals surface area contributed by atoms with Crippen LogP contribution in [0.5, 0.6) is 11.5 Å². The first-order valence-corrected chi connectivity index (χ1v) is 9.01. The molecule has 0 saturated carbocycles. The van der Waals surface area contributed by atoms with Gasteiger partial charge in [0.25, 0.3) is 5.69 Å². The molecule has 0 heterocycles. The Labute approximate surface area is 167 Å². The van der Waals surface area contributed by atoms with Gasteiger partial charge in [-0.1, -0.05) is 18.5 Å². The van der Waals surface area contributed by atoms with Gasteiger partial charge in [0.1, 0.15) is 0 Å². The molecule has 2 aromatic carbocycles. The number of hydrogen-bond donors (Lipinski definition) is 2. The van der Waals surface area contributed by atoms with Crippen LogP contribution in [0, 0.1) is 10.1 Å². The van der Waals surface area contributed by atoms with Crippen LogP contribution in [0.4, 0.5) is 17.1 Å². The van der Waals surface area contributed by atoms with Gasteiger partial charge in [-0.05, 0) is 31.5 Å². The third-order valence-electron chi connectivity index (χ3n) is 3.65. The number of ether oxygens (including phenoxy) is 1. The normalized spacial score (nSPS) is 10.8. The molecule has 8 nitrogen and oxygen atoms in total. The summed E-state index contributed by atoms with van der Waals surface area (Å²) in [5, 5.41) is 24.4. The van der Waals surface area contributed by atoms with Crippen LogP contribution in [0.3, 0.4) is 0 Å². The second-order valence-electron chi connectivity index (χ2n) is 5.79. The van der Waals surface area contributed by atoms with Gasteiger partial charge in [0.15, 0.2) is 11.5 Å². The molecule has 2 aromatic rings. The molecule has 0 aliphatic heterocycles. The Hall–Kier alpha value is -3.13. The third kappa shape index (κ3) is 5.43. The molecule has 0 saturated heterocycles. The molecule has 0 fully saturated rings. The number of phenols is 1.